The van der Waals surface area contributed by atoms with Crippen molar-refractivity contribution in [3.63, 3.8) is 0 Å². The first-order chi connectivity index (χ1) is 26.3. The molecule has 4 heterocycles. The zero-order valence-corrected chi connectivity index (χ0v) is 30.0. The third-order valence-electron chi connectivity index (χ3n) is 9.97. The molecule has 282 valence electrons. The largest absolute Gasteiger partial charge is 0.506 e. The van der Waals surface area contributed by atoms with Gasteiger partial charge < -0.3 is 35.1 Å². The second-order valence-electron chi connectivity index (χ2n) is 13.6. The number of carbonyl (C=O) groups is 2. The smallest absolute Gasteiger partial charge is 0.414 e. The molecule has 3 aliphatic rings. The van der Waals surface area contributed by atoms with Crippen LogP contribution >= 0.6 is 0 Å². The minimum atomic E-state index is -0.819. The number of pyridine rings is 1. The molecule has 3 aliphatic heterocycles. The molecular formula is C42H46N4O8. The summed E-state index contributed by atoms with van der Waals surface area (Å²) < 4.78 is 12.4. The van der Waals surface area contributed by atoms with Crippen LogP contribution in [-0.2, 0) is 29.1 Å². The lowest BCUT2D eigenvalue weighted by atomic mass is 9.86. The van der Waals surface area contributed by atoms with E-state index in [0.717, 1.165) is 61.3 Å². The van der Waals surface area contributed by atoms with E-state index in [1.165, 1.54) is 12.1 Å². The van der Waals surface area contributed by atoms with Crippen molar-refractivity contribution in [2.75, 3.05) is 37.6 Å². The predicted octanol–water partition coefficient (Wildman–Crippen LogP) is 5.62. The second-order valence-corrected chi connectivity index (χ2v) is 13.6. The van der Waals surface area contributed by atoms with E-state index in [0.29, 0.717) is 54.4 Å². The highest BCUT2D eigenvalue weighted by Crippen LogP contribution is 2.32. The number of nitrogens with one attached hydrogen (secondary N) is 2. The summed E-state index contributed by atoms with van der Waals surface area (Å²) in [5.74, 6) is 1.05. The molecule has 12 heteroatoms. The molecule has 1 amide bonds. The van der Waals surface area contributed by atoms with Gasteiger partial charge in [-0.1, -0.05) is 66.7 Å². The Balaban J connectivity index is 0.00000160. The molecule has 5 aromatic rings. The number of hydrogen-bond donors (Lipinski definition) is 5. The van der Waals surface area contributed by atoms with Gasteiger partial charge in [0.05, 0.1) is 23.9 Å². The van der Waals surface area contributed by atoms with Gasteiger partial charge in [-0.15, -0.1) is 0 Å². The third-order valence-corrected chi connectivity index (χ3v) is 9.97. The molecule has 2 atom stereocenters. The van der Waals surface area contributed by atoms with Gasteiger partial charge in [0.2, 0.25) is 5.56 Å². The first-order valence-electron chi connectivity index (χ1n) is 18.2. The molecule has 1 aromatic heterocycles. The van der Waals surface area contributed by atoms with Gasteiger partial charge in [-0.05, 0) is 91.3 Å². The van der Waals surface area contributed by atoms with Gasteiger partial charge in [0.25, 0.3) is 6.47 Å². The number of nitrogens with zero attached hydrogens (tertiary/aromatic N) is 2. The summed E-state index contributed by atoms with van der Waals surface area (Å²) in [5.41, 5.74) is 4.51. The number of phenolic OH excluding ortho intramolecular Hbond substituents is 1. The van der Waals surface area contributed by atoms with E-state index < -0.39 is 6.10 Å². The number of anilines is 1. The molecule has 0 saturated carbocycles. The van der Waals surface area contributed by atoms with Crippen LogP contribution in [0.25, 0.3) is 10.9 Å². The van der Waals surface area contributed by atoms with Crippen molar-refractivity contribution in [2.24, 2.45) is 5.92 Å². The molecule has 3 saturated heterocycles. The number of hydrogen-bond acceptors (Lipinski definition) is 9. The SMILES string of the molecule is O=C(O[C@H]1CN2CCC1CC2)N(Cc1ccccc1)c1cccc(OCc2cccc(CCNC[C@H](O)c3ccc(O)c4[nH]c(=O)ccc34)c2)c1.O=CO. The average Bonchev–Trinajstić information content (AvgIpc) is 3.19. The summed E-state index contributed by atoms with van der Waals surface area (Å²) in [7, 11) is 0. The average molecular weight is 735 g/mol. The van der Waals surface area contributed by atoms with Gasteiger partial charge in [-0.2, -0.15) is 0 Å². The lowest BCUT2D eigenvalue weighted by Crippen LogP contribution is -2.53. The van der Waals surface area contributed by atoms with Crippen molar-refractivity contribution in [1.82, 2.24) is 15.2 Å². The van der Waals surface area contributed by atoms with Crippen molar-refractivity contribution in [1.29, 1.82) is 0 Å². The number of aliphatic hydroxyl groups excluding tert-OH is 1. The van der Waals surface area contributed by atoms with Crippen LogP contribution < -0.4 is 20.5 Å². The number of aliphatic hydroxyl groups is 1. The van der Waals surface area contributed by atoms with Crippen LogP contribution in [0, 0.1) is 5.92 Å². The number of aromatic nitrogens is 1. The quantitative estimate of drug-likeness (QED) is 0.0758. The summed E-state index contributed by atoms with van der Waals surface area (Å²) in [5, 5.41) is 31.8. The number of benzene rings is 4. The molecule has 2 bridgehead atoms. The molecule has 4 aromatic carbocycles. The first-order valence-corrected chi connectivity index (χ1v) is 18.2. The number of aromatic hydroxyl groups is 1. The number of amides is 1. The summed E-state index contributed by atoms with van der Waals surface area (Å²) in [6, 6.07) is 31.9. The maximum atomic E-state index is 13.7. The van der Waals surface area contributed by atoms with Crippen molar-refractivity contribution in [3.05, 3.63) is 136 Å². The number of phenols is 1. The maximum absolute atomic E-state index is 13.7. The van der Waals surface area contributed by atoms with Crippen LogP contribution in [0.5, 0.6) is 11.5 Å². The van der Waals surface area contributed by atoms with E-state index >= 15 is 0 Å². The number of H-pyrrole nitrogens is 1. The monoisotopic (exact) mass is 734 g/mol. The molecule has 0 radical (unpaired) electrons. The highest BCUT2D eigenvalue weighted by molar-refractivity contribution is 5.88. The first kappa shape index (κ1) is 38.0. The molecular weight excluding hydrogens is 688 g/mol. The van der Waals surface area contributed by atoms with Crippen LogP contribution in [0.2, 0.25) is 0 Å². The van der Waals surface area contributed by atoms with Gasteiger partial charge in [0.1, 0.15) is 24.2 Å². The molecule has 5 N–H and O–H groups in total. The summed E-state index contributed by atoms with van der Waals surface area (Å²) in [6.07, 6.45) is 1.65. The van der Waals surface area contributed by atoms with E-state index in [1.807, 2.05) is 66.7 Å². The van der Waals surface area contributed by atoms with Crippen molar-refractivity contribution >= 4 is 29.2 Å². The minimum Gasteiger partial charge on any atom is -0.506 e. The van der Waals surface area contributed by atoms with Gasteiger partial charge in [-0.3, -0.25) is 19.4 Å². The Morgan fingerprint density at radius 3 is 2.44 bits per heavy atom. The highest BCUT2D eigenvalue weighted by atomic mass is 16.6. The number of carboxylic acid groups (broad SMARTS) is 1. The van der Waals surface area contributed by atoms with Crippen molar-refractivity contribution in [3.8, 4) is 11.5 Å². The number of ether oxygens (including phenoxy) is 2. The molecule has 54 heavy (non-hydrogen) atoms. The van der Waals surface area contributed by atoms with Crippen LogP contribution in [0.4, 0.5) is 10.5 Å². The number of aromatic amines is 1. The fourth-order valence-electron chi connectivity index (χ4n) is 7.18. The molecule has 0 unspecified atom stereocenters. The topological polar surface area (TPSA) is 165 Å². The van der Waals surface area contributed by atoms with Gasteiger partial charge in [-0.25, -0.2) is 4.79 Å². The predicted molar refractivity (Wildman–Crippen MR) is 206 cm³/mol. The number of fused-ring (bicyclic) bond motifs is 4. The van der Waals surface area contributed by atoms with Gasteiger partial charge in [0, 0.05) is 30.6 Å². The minimum absolute atomic E-state index is 0.0345. The maximum Gasteiger partial charge on any atom is 0.414 e. The lowest BCUT2D eigenvalue weighted by molar-refractivity contribution is -0.122. The Kier molecular flexibility index (Phi) is 12.9. The molecule has 12 nitrogen and oxygen atoms in total. The van der Waals surface area contributed by atoms with Crippen LogP contribution in [-0.4, -0.2) is 76.6 Å². The number of carbonyl (C=O) groups excluding carboxylic acids is 1. The number of rotatable bonds is 13. The Morgan fingerprint density at radius 1 is 0.944 bits per heavy atom. The molecule has 0 spiro atoms. The van der Waals surface area contributed by atoms with Gasteiger partial charge >= 0.3 is 6.09 Å². The van der Waals surface area contributed by atoms with Gasteiger partial charge in [0.15, 0.2) is 0 Å². The fraction of sp³-hybridized carbons (Fsp3) is 0.310. The van der Waals surface area contributed by atoms with Crippen LogP contribution in [0.15, 0.2) is 108 Å². The van der Waals surface area contributed by atoms with Crippen molar-refractivity contribution < 1.29 is 34.4 Å². The Bertz CT molecular complexity index is 2070. The fourth-order valence-corrected chi connectivity index (χ4v) is 7.18. The lowest BCUT2D eigenvalue weighted by Gasteiger charge is -2.44. The Labute approximate surface area is 313 Å². The van der Waals surface area contributed by atoms with E-state index in [4.69, 9.17) is 19.4 Å². The Hall–Kier alpha value is -5.69. The zero-order valence-electron chi connectivity index (χ0n) is 30.0. The third kappa shape index (κ3) is 9.84. The molecule has 3 fully saturated rings. The summed E-state index contributed by atoms with van der Waals surface area (Å²) in [6.45, 7) is 4.43. The highest BCUT2D eigenvalue weighted by Gasteiger charge is 2.37. The van der Waals surface area contributed by atoms with E-state index in [1.54, 1.807) is 17.0 Å². The Morgan fingerprint density at radius 2 is 1.69 bits per heavy atom. The number of piperidine rings is 3. The van der Waals surface area contributed by atoms with E-state index in [9.17, 15) is 19.8 Å². The standard InChI is InChI=1S/C41H44N4O6.CH2O2/c46-36-14-12-34(35-13-15-39(48)43-40(35)36)37(47)24-42-19-16-28-8-4-9-30(22-28)27-50-33-11-5-10-32(23-33)45(25-29-6-2-1-3-7-29)41(49)51-38-26-44-20-17-31(38)18-21-44;2-1-3/h1-15,22-23,31,37-38,42,46-47H,16-21,24-27H2,(H,43,48);1H,(H,2,3)/t37-,38-;/m0./s1. The van der Waals surface area contributed by atoms with Crippen LogP contribution in [0.3, 0.4) is 0 Å². The summed E-state index contributed by atoms with van der Waals surface area (Å²) in [4.78, 5) is 40.5. The van der Waals surface area contributed by atoms with Crippen LogP contribution in [0.1, 0.15) is 41.2 Å². The summed E-state index contributed by atoms with van der Waals surface area (Å²) >= 11 is 0. The van der Waals surface area contributed by atoms with Crippen molar-refractivity contribution in [2.45, 2.75) is 44.6 Å². The second kappa shape index (κ2) is 18.4. The van der Waals surface area contributed by atoms with E-state index in [-0.39, 0.29) is 30.0 Å². The zero-order chi connectivity index (χ0) is 37.9. The molecule has 8 rings (SSSR count). The molecule has 0 aliphatic carbocycles. The van der Waals surface area contributed by atoms with E-state index in [2.05, 4.69) is 27.3 Å². The normalized spacial score (nSPS) is 17.9.